The molecule has 0 bridgehead atoms. The van der Waals surface area contributed by atoms with Crippen LogP contribution >= 0.6 is 34.3 Å². The molecule has 0 fully saturated rings. The molecule has 0 atom stereocenters. The summed E-state index contributed by atoms with van der Waals surface area (Å²) in [4.78, 5) is 30.5. The first-order chi connectivity index (χ1) is 16.7. The lowest BCUT2D eigenvalue weighted by atomic mass is 10.1. The molecule has 2 aromatic carbocycles. The van der Waals surface area contributed by atoms with Crippen LogP contribution in [0.4, 0.5) is 5.00 Å². The smallest absolute Gasteiger partial charge is 0.348 e. The zero-order valence-electron chi connectivity index (χ0n) is 18.8. The van der Waals surface area contributed by atoms with Crippen molar-refractivity contribution in [2.45, 2.75) is 25.2 Å². The van der Waals surface area contributed by atoms with Crippen LogP contribution in [0.2, 0.25) is 5.02 Å². The molecule has 0 saturated heterocycles. The summed E-state index contributed by atoms with van der Waals surface area (Å²) in [5.74, 6) is -1.34. The number of para-hydroxylation sites is 1. The van der Waals surface area contributed by atoms with Crippen molar-refractivity contribution in [3.63, 3.8) is 0 Å². The number of benzene rings is 2. The van der Waals surface area contributed by atoms with Crippen molar-refractivity contribution in [1.82, 2.24) is 4.98 Å². The van der Waals surface area contributed by atoms with Crippen molar-refractivity contribution < 1.29 is 22.7 Å². The zero-order chi connectivity index (χ0) is 25.2. The summed E-state index contributed by atoms with van der Waals surface area (Å²) in [5.41, 5.74) is 2.09. The molecule has 4 aromatic rings. The van der Waals surface area contributed by atoms with Crippen LogP contribution in [-0.2, 0) is 19.4 Å². The van der Waals surface area contributed by atoms with Gasteiger partial charge < -0.3 is 10.1 Å². The predicted molar refractivity (Wildman–Crippen MR) is 140 cm³/mol. The van der Waals surface area contributed by atoms with E-state index in [1.54, 1.807) is 13.8 Å². The Morgan fingerprint density at radius 1 is 1.09 bits per heavy atom. The molecule has 11 heteroatoms. The highest BCUT2D eigenvalue weighted by Gasteiger charge is 2.26. The van der Waals surface area contributed by atoms with Crippen molar-refractivity contribution in [2.24, 2.45) is 0 Å². The highest BCUT2D eigenvalue weighted by molar-refractivity contribution is 7.91. The number of esters is 1. The molecule has 0 aliphatic carbocycles. The van der Waals surface area contributed by atoms with E-state index in [9.17, 15) is 18.0 Å². The van der Waals surface area contributed by atoms with Crippen LogP contribution in [0.15, 0.2) is 53.4 Å². The number of ether oxygens (including phenoxy) is 1. The second-order valence-electron chi connectivity index (χ2n) is 7.54. The van der Waals surface area contributed by atoms with Gasteiger partial charge in [-0.1, -0.05) is 23.7 Å². The number of carbonyl (C=O) groups excluding carboxylic acids is 2. The van der Waals surface area contributed by atoms with Crippen LogP contribution in [0.1, 0.15) is 28.6 Å². The number of rotatable bonds is 8. The number of carbonyl (C=O) groups is 2. The minimum atomic E-state index is -3.67. The summed E-state index contributed by atoms with van der Waals surface area (Å²) in [5, 5.41) is 4.30. The van der Waals surface area contributed by atoms with E-state index in [1.807, 2.05) is 24.3 Å². The molecule has 2 heterocycles. The summed E-state index contributed by atoms with van der Waals surface area (Å²) < 4.78 is 31.4. The van der Waals surface area contributed by atoms with E-state index in [4.69, 9.17) is 16.3 Å². The summed E-state index contributed by atoms with van der Waals surface area (Å²) in [6.45, 7) is 3.72. The van der Waals surface area contributed by atoms with Crippen LogP contribution in [0.3, 0.4) is 0 Å². The van der Waals surface area contributed by atoms with Gasteiger partial charge in [-0.05, 0) is 55.8 Å². The third kappa shape index (κ3) is 5.56. The molecule has 7 nitrogen and oxygen atoms in total. The molecule has 182 valence electrons. The Morgan fingerprint density at radius 2 is 1.80 bits per heavy atom. The number of halogens is 1. The Morgan fingerprint density at radius 3 is 2.49 bits per heavy atom. The zero-order valence-corrected chi connectivity index (χ0v) is 22.0. The number of hydrogen-bond donors (Lipinski definition) is 1. The Hall–Kier alpha value is -2.79. The number of thiazole rings is 1. The SMILES string of the molecule is CCOC(=O)c1sc(NC(=O)CCS(=O)(=O)c2ccc(Cl)cc2)c(-c2nc3ccccc3s2)c1C. The number of nitrogens with zero attached hydrogens (tertiary/aromatic N) is 1. The highest BCUT2D eigenvalue weighted by Crippen LogP contribution is 2.43. The van der Waals surface area contributed by atoms with Crippen LogP contribution in [0, 0.1) is 6.92 Å². The van der Waals surface area contributed by atoms with Gasteiger partial charge in [-0.25, -0.2) is 18.2 Å². The van der Waals surface area contributed by atoms with Crippen LogP contribution in [0.5, 0.6) is 0 Å². The van der Waals surface area contributed by atoms with E-state index in [0.29, 0.717) is 31.0 Å². The molecule has 0 unspecified atom stereocenters. The maximum Gasteiger partial charge on any atom is 0.348 e. The number of anilines is 1. The van der Waals surface area contributed by atoms with E-state index in [0.717, 1.165) is 21.6 Å². The third-order valence-corrected chi connectivity index (χ3v) is 9.36. The summed E-state index contributed by atoms with van der Waals surface area (Å²) in [7, 11) is -3.67. The third-order valence-electron chi connectivity index (χ3n) is 5.14. The standard InChI is InChI=1S/C24H21ClN2O5S3/c1-3-32-24(29)21-14(2)20(22-26-17-6-4-5-7-18(17)33-22)23(34-21)27-19(28)12-13-35(30,31)16-10-8-15(25)9-11-16/h4-11H,3,12-13H2,1-2H3,(H,27,28). The van der Waals surface area contributed by atoms with Gasteiger partial charge in [0.05, 0.1) is 27.5 Å². The maximum atomic E-state index is 12.8. The fourth-order valence-corrected chi connectivity index (χ4v) is 7.03. The first-order valence-electron chi connectivity index (χ1n) is 10.6. The minimum absolute atomic E-state index is 0.0985. The Bertz CT molecular complexity index is 1470. The first-order valence-corrected chi connectivity index (χ1v) is 14.3. The predicted octanol–water partition coefficient (Wildman–Crippen LogP) is 5.97. The van der Waals surface area contributed by atoms with Gasteiger partial charge in [-0.15, -0.1) is 22.7 Å². The quantitative estimate of drug-likeness (QED) is 0.272. The van der Waals surface area contributed by atoms with E-state index in [-0.39, 0.29) is 23.7 Å². The number of nitrogens with one attached hydrogen (secondary N) is 1. The summed E-state index contributed by atoms with van der Waals surface area (Å²) >= 11 is 8.37. The molecule has 0 spiro atoms. The van der Waals surface area contributed by atoms with Gasteiger partial charge in [0.2, 0.25) is 5.91 Å². The molecule has 35 heavy (non-hydrogen) atoms. The number of sulfone groups is 1. The second-order valence-corrected chi connectivity index (χ2v) is 12.1. The molecule has 0 saturated carbocycles. The molecule has 0 radical (unpaired) electrons. The second kappa shape index (κ2) is 10.4. The summed E-state index contributed by atoms with van der Waals surface area (Å²) in [6.07, 6.45) is -0.254. The van der Waals surface area contributed by atoms with Gasteiger partial charge in [-0.3, -0.25) is 4.79 Å². The Kier molecular flexibility index (Phi) is 7.56. The molecule has 1 amide bonds. The minimum Gasteiger partial charge on any atom is -0.462 e. The van der Waals surface area contributed by atoms with Crippen molar-refractivity contribution >= 4 is 71.2 Å². The van der Waals surface area contributed by atoms with E-state index < -0.39 is 21.7 Å². The first kappa shape index (κ1) is 25.3. The molecule has 2 aromatic heterocycles. The summed E-state index contributed by atoms with van der Waals surface area (Å²) in [6, 6.07) is 13.4. The fraction of sp³-hybridized carbons (Fsp3) is 0.208. The lowest BCUT2D eigenvalue weighted by Gasteiger charge is -2.07. The average molecular weight is 549 g/mol. The maximum absolute atomic E-state index is 12.8. The molecule has 0 aliphatic heterocycles. The topological polar surface area (TPSA) is 102 Å². The van der Waals surface area contributed by atoms with Gasteiger partial charge in [0, 0.05) is 17.0 Å². The van der Waals surface area contributed by atoms with Crippen LogP contribution < -0.4 is 5.32 Å². The Balaban J connectivity index is 1.61. The highest BCUT2D eigenvalue weighted by atomic mass is 35.5. The van der Waals surface area contributed by atoms with Crippen LogP contribution in [0.25, 0.3) is 20.8 Å². The van der Waals surface area contributed by atoms with Gasteiger partial charge in [0.1, 0.15) is 14.9 Å². The van der Waals surface area contributed by atoms with Crippen molar-refractivity contribution in [2.75, 3.05) is 17.7 Å². The number of amides is 1. The van der Waals surface area contributed by atoms with Gasteiger partial charge in [0.15, 0.2) is 9.84 Å². The molecular formula is C24H21ClN2O5S3. The fourth-order valence-electron chi connectivity index (χ4n) is 3.41. The van der Waals surface area contributed by atoms with Crippen molar-refractivity contribution in [1.29, 1.82) is 0 Å². The van der Waals surface area contributed by atoms with Crippen molar-refractivity contribution in [3.05, 3.63) is 64.0 Å². The van der Waals surface area contributed by atoms with Gasteiger partial charge in [-0.2, -0.15) is 0 Å². The largest absolute Gasteiger partial charge is 0.462 e. The normalized spacial score (nSPS) is 11.5. The van der Waals surface area contributed by atoms with E-state index >= 15 is 0 Å². The van der Waals surface area contributed by atoms with Gasteiger partial charge in [0.25, 0.3) is 0 Å². The molecule has 4 rings (SSSR count). The monoisotopic (exact) mass is 548 g/mol. The number of hydrogen-bond acceptors (Lipinski definition) is 8. The number of thiophene rings is 1. The van der Waals surface area contributed by atoms with Crippen LogP contribution in [-0.4, -0.2) is 37.6 Å². The van der Waals surface area contributed by atoms with E-state index in [2.05, 4.69) is 10.3 Å². The number of aromatic nitrogens is 1. The lowest BCUT2D eigenvalue weighted by Crippen LogP contribution is -2.17. The molecular weight excluding hydrogens is 528 g/mol. The van der Waals surface area contributed by atoms with E-state index in [1.165, 1.54) is 35.6 Å². The average Bonchev–Trinajstić information content (AvgIpc) is 3.38. The van der Waals surface area contributed by atoms with Gasteiger partial charge >= 0.3 is 5.97 Å². The number of fused-ring (bicyclic) bond motifs is 1. The van der Waals surface area contributed by atoms with Crippen molar-refractivity contribution in [3.8, 4) is 10.6 Å². The molecule has 1 N–H and O–H groups in total. The lowest BCUT2D eigenvalue weighted by molar-refractivity contribution is -0.115. The molecule has 0 aliphatic rings. The Labute approximate surface area is 215 Å².